The van der Waals surface area contributed by atoms with Crippen LogP contribution in [0.5, 0.6) is 0 Å². The fraction of sp³-hybridized carbons (Fsp3) is 0.538. The zero-order valence-corrected chi connectivity index (χ0v) is 10.1. The van der Waals surface area contributed by atoms with Crippen LogP contribution < -0.4 is 10.2 Å². The number of aliphatic hydroxyl groups is 1. The molecule has 4 nitrogen and oxygen atoms in total. The van der Waals surface area contributed by atoms with E-state index in [1.807, 2.05) is 18.2 Å². The maximum atomic E-state index is 10.1. The van der Waals surface area contributed by atoms with Gasteiger partial charge in [-0.3, -0.25) is 0 Å². The van der Waals surface area contributed by atoms with Crippen molar-refractivity contribution in [1.29, 1.82) is 0 Å². The Morgan fingerprint density at radius 3 is 2.71 bits per heavy atom. The Hall–Kier alpha value is -1.26. The first-order valence-electron chi connectivity index (χ1n) is 6.26. The molecule has 1 atom stereocenters. The van der Waals surface area contributed by atoms with Crippen molar-refractivity contribution < 1.29 is 5.11 Å². The summed E-state index contributed by atoms with van der Waals surface area (Å²) in [5.74, 6) is 0. The molecule has 2 heterocycles. The number of nitrogens with zero attached hydrogens (tertiary/aromatic N) is 2. The molecule has 1 saturated heterocycles. The van der Waals surface area contributed by atoms with Crippen molar-refractivity contribution in [2.75, 3.05) is 30.4 Å². The molecule has 3 rings (SSSR count). The molecule has 92 valence electrons. The SMILES string of the molecule is CN1CCC(N2c3ccccc3NC2O)CC1. The molecule has 2 aliphatic heterocycles. The Morgan fingerprint density at radius 1 is 1.24 bits per heavy atom. The Kier molecular flexibility index (Phi) is 2.68. The third-order valence-electron chi connectivity index (χ3n) is 3.81. The molecule has 1 unspecified atom stereocenters. The van der Waals surface area contributed by atoms with Crippen LogP contribution in [0, 0.1) is 0 Å². The molecule has 1 fully saturated rings. The van der Waals surface area contributed by atoms with Gasteiger partial charge in [-0.05, 0) is 45.1 Å². The first-order valence-corrected chi connectivity index (χ1v) is 6.26. The fourth-order valence-corrected chi connectivity index (χ4v) is 2.83. The summed E-state index contributed by atoms with van der Waals surface area (Å²) >= 11 is 0. The van der Waals surface area contributed by atoms with Crippen LogP contribution in [0.3, 0.4) is 0 Å². The van der Waals surface area contributed by atoms with Gasteiger partial charge >= 0.3 is 0 Å². The molecule has 1 aromatic carbocycles. The van der Waals surface area contributed by atoms with Gasteiger partial charge in [-0.2, -0.15) is 0 Å². The number of benzene rings is 1. The van der Waals surface area contributed by atoms with Gasteiger partial charge in [-0.1, -0.05) is 12.1 Å². The number of para-hydroxylation sites is 2. The molecule has 0 aromatic heterocycles. The van der Waals surface area contributed by atoms with Crippen LogP contribution in [-0.4, -0.2) is 42.5 Å². The van der Waals surface area contributed by atoms with Crippen molar-refractivity contribution in [3.8, 4) is 0 Å². The number of nitrogens with one attached hydrogen (secondary N) is 1. The molecule has 0 aliphatic carbocycles. The third kappa shape index (κ3) is 1.87. The lowest BCUT2D eigenvalue weighted by atomic mass is 10.0. The number of anilines is 2. The molecule has 2 N–H and O–H groups in total. The van der Waals surface area contributed by atoms with E-state index in [0.717, 1.165) is 37.3 Å². The first-order chi connectivity index (χ1) is 8.25. The van der Waals surface area contributed by atoms with Gasteiger partial charge < -0.3 is 20.2 Å². The first kappa shape index (κ1) is 10.9. The average molecular weight is 233 g/mol. The molecule has 0 spiro atoms. The number of rotatable bonds is 1. The van der Waals surface area contributed by atoms with Crippen LogP contribution in [0.2, 0.25) is 0 Å². The van der Waals surface area contributed by atoms with Crippen molar-refractivity contribution >= 4 is 11.4 Å². The summed E-state index contributed by atoms with van der Waals surface area (Å²) in [7, 11) is 2.16. The highest BCUT2D eigenvalue weighted by molar-refractivity contribution is 5.75. The standard InChI is InChI=1S/C13H19N3O/c1-15-8-6-10(7-9-15)16-12-5-3-2-4-11(12)14-13(16)17/h2-5,10,13-14,17H,6-9H2,1H3. The van der Waals surface area contributed by atoms with Gasteiger partial charge in [0.15, 0.2) is 0 Å². The largest absolute Gasteiger partial charge is 0.356 e. The maximum Gasteiger partial charge on any atom is 0.205 e. The van der Waals surface area contributed by atoms with Gasteiger partial charge in [0, 0.05) is 6.04 Å². The van der Waals surface area contributed by atoms with Gasteiger partial charge in [0.25, 0.3) is 0 Å². The highest BCUT2D eigenvalue weighted by Gasteiger charge is 2.33. The number of hydrogen-bond donors (Lipinski definition) is 2. The molecule has 0 radical (unpaired) electrons. The van der Waals surface area contributed by atoms with Gasteiger partial charge in [-0.25, -0.2) is 0 Å². The second-order valence-corrected chi connectivity index (χ2v) is 4.98. The van der Waals surface area contributed by atoms with Crippen LogP contribution >= 0.6 is 0 Å². The highest BCUT2D eigenvalue weighted by atomic mass is 16.3. The number of aliphatic hydroxyl groups excluding tert-OH is 1. The summed E-state index contributed by atoms with van der Waals surface area (Å²) in [6.07, 6.45) is 1.66. The summed E-state index contributed by atoms with van der Waals surface area (Å²) in [5.41, 5.74) is 2.17. The smallest absolute Gasteiger partial charge is 0.205 e. The van der Waals surface area contributed by atoms with E-state index < -0.39 is 6.35 Å². The highest BCUT2D eigenvalue weighted by Crippen LogP contribution is 2.36. The Bertz CT molecular complexity index is 401. The number of likely N-dealkylation sites (tertiary alicyclic amines) is 1. The lowest BCUT2D eigenvalue weighted by Crippen LogP contribution is -2.48. The zero-order valence-electron chi connectivity index (χ0n) is 10.1. The molecule has 1 aromatic rings. The van der Waals surface area contributed by atoms with E-state index in [1.165, 1.54) is 0 Å². The predicted molar refractivity (Wildman–Crippen MR) is 69.1 cm³/mol. The summed E-state index contributed by atoms with van der Waals surface area (Å²) < 4.78 is 0. The fourth-order valence-electron chi connectivity index (χ4n) is 2.83. The summed E-state index contributed by atoms with van der Waals surface area (Å²) in [4.78, 5) is 4.47. The molecule has 17 heavy (non-hydrogen) atoms. The topological polar surface area (TPSA) is 38.7 Å². The van der Waals surface area contributed by atoms with Crippen molar-refractivity contribution in [2.45, 2.75) is 25.2 Å². The normalized spacial score (nSPS) is 25.8. The number of fused-ring (bicyclic) bond motifs is 1. The summed E-state index contributed by atoms with van der Waals surface area (Å²) in [6, 6.07) is 8.57. The lowest BCUT2D eigenvalue weighted by Gasteiger charge is -2.37. The van der Waals surface area contributed by atoms with Gasteiger partial charge in [-0.15, -0.1) is 0 Å². The molecule has 0 bridgehead atoms. The van der Waals surface area contributed by atoms with Gasteiger partial charge in [0.2, 0.25) is 6.35 Å². The van der Waals surface area contributed by atoms with Crippen molar-refractivity contribution in [3.05, 3.63) is 24.3 Å². The quantitative estimate of drug-likeness (QED) is 0.766. The molecule has 2 aliphatic rings. The van der Waals surface area contributed by atoms with Crippen LogP contribution in [0.1, 0.15) is 12.8 Å². The van der Waals surface area contributed by atoms with E-state index in [4.69, 9.17) is 0 Å². The Morgan fingerprint density at radius 2 is 1.94 bits per heavy atom. The van der Waals surface area contributed by atoms with E-state index in [-0.39, 0.29) is 0 Å². The van der Waals surface area contributed by atoms with Crippen LogP contribution in [-0.2, 0) is 0 Å². The minimum atomic E-state index is -0.569. The Labute approximate surface area is 102 Å². The minimum absolute atomic E-state index is 0.442. The molecule has 0 saturated carbocycles. The second kappa shape index (κ2) is 4.20. The lowest BCUT2D eigenvalue weighted by molar-refractivity contribution is 0.167. The molecule has 4 heteroatoms. The Balaban J connectivity index is 1.83. The van der Waals surface area contributed by atoms with E-state index in [1.54, 1.807) is 0 Å². The van der Waals surface area contributed by atoms with Crippen molar-refractivity contribution in [3.63, 3.8) is 0 Å². The molecular formula is C13H19N3O. The van der Waals surface area contributed by atoms with Crippen molar-refractivity contribution in [1.82, 2.24) is 4.90 Å². The van der Waals surface area contributed by atoms with Crippen LogP contribution in [0.25, 0.3) is 0 Å². The average Bonchev–Trinajstić information content (AvgIpc) is 2.66. The van der Waals surface area contributed by atoms with E-state index in [2.05, 4.69) is 28.2 Å². The molecular weight excluding hydrogens is 214 g/mol. The predicted octanol–water partition coefficient (Wildman–Crippen LogP) is 1.29. The van der Waals surface area contributed by atoms with E-state index in [0.29, 0.717) is 6.04 Å². The minimum Gasteiger partial charge on any atom is -0.356 e. The van der Waals surface area contributed by atoms with Gasteiger partial charge in [0.1, 0.15) is 0 Å². The van der Waals surface area contributed by atoms with E-state index >= 15 is 0 Å². The number of piperidine rings is 1. The van der Waals surface area contributed by atoms with Crippen LogP contribution in [0.4, 0.5) is 11.4 Å². The second-order valence-electron chi connectivity index (χ2n) is 4.98. The van der Waals surface area contributed by atoms with Gasteiger partial charge in [0.05, 0.1) is 11.4 Å². The van der Waals surface area contributed by atoms with Crippen LogP contribution in [0.15, 0.2) is 24.3 Å². The maximum absolute atomic E-state index is 10.1. The van der Waals surface area contributed by atoms with Crippen molar-refractivity contribution in [2.24, 2.45) is 0 Å². The summed E-state index contributed by atoms with van der Waals surface area (Å²) in [5, 5.41) is 13.3. The monoisotopic (exact) mass is 233 g/mol. The molecule has 0 amide bonds. The summed E-state index contributed by atoms with van der Waals surface area (Å²) in [6.45, 7) is 2.21. The zero-order chi connectivity index (χ0) is 11.8. The van der Waals surface area contributed by atoms with E-state index in [9.17, 15) is 5.11 Å². The number of hydrogen-bond acceptors (Lipinski definition) is 4. The third-order valence-corrected chi connectivity index (χ3v) is 3.81.